The zero-order valence-corrected chi connectivity index (χ0v) is 14.5. The monoisotopic (exact) mass is 350 g/mol. The number of benzene rings is 1. The zero-order chi connectivity index (χ0) is 17.5. The van der Waals surface area contributed by atoms with Gasteiger partial charge in [0.2, 0.25) is 11.8 Å². The number of nitrogens with one attached hydrogen (secondary N) is 1. The van der Waals surface area contributed by atoms with Crippen LogP contribution in [-0.2, 0) is 20.8 Å². The van der Waals surface area contributed by atoms with Gasteiger partial charge in [-0.15, -0.1) is 11.8 Å². The molecule has 1 aliphatic rings. The highest BCUT2D eigenvalue weighted by molar-refractivity contribution is 7.99. The maximum atomic E-state index is 12.5. The molecule has 2 N–H and O–H groups in total. The van der Waals surface area contributed by atoms with E-state index >= 15 is 0 Å². The van der Waals surface area contributed by atoms with Crippen LogP contribution < -0.4 is 5.32 Å². The van der Waals surface area contributed by atoms with Crippen LogP contribution in [0.3, 0.4) is 0 Å². The summed E-state index contributed by atoms with van der Waals surface area (Å²) in [4.78, 5) is 37.1. The van der Waals surface area contributed by atoms with Gasteiger partial charge in [0.25, 0.3) is 0 Å². The van der Waals surface area contributed by atoms with E-state index < -0.39 is 12.0 Å². The Balaban J connectivity index is 2.00. The number of hydrogen-bond donors (Lipinski definition) is 2. The van der Waals surface area contributed by atoms with Crippen molar-refractivity contribution in [3.8, 4) is 0 Å². The molecule has 0 spiro atoms. The van der Waals surface area contributed by atoms with Crippen molar-refractivity contribution in [3.63, 3.8) is 0 Å². The van der Waals surface area contributed by atoms with Gasteiger partial charge in [-0.3, -0.25) is 14.4 Å². The van der Waals surface area contributed by atoms with Crippen LogP contribution in [0.2, 0.25) is 0 Å². The number of thioether (sulfide) groups is 1. The molecule has 1 aliphatic heterocycles. The number of amides is 2. The Kier molecular flexibility index (Phi) is 6.66. The summed E-state index contributed by atoms with van der Waals surface area (Å²) in [6, 6.07) is 6.31. The highest BCUT2D eigenvalue weighted by atomic mass is 32.2. The van der Waals surface area contributed by atoms with E-state index in [1.807, 2.05) is 6.92 Å². The van der Waals surface area contributed by atoms with Crippen LogP contribution in [0.1, 0.15) is 31.7 Å². The van der Waals surface area contributed by atoms with Crippen LogP contribution in [0.5, 0.6) is 0 Å². The normalized spacial score (nSPS) is 16.9. The lowest BCUT2D eigenvalue weighted by molar-refractivity contribution is -0.136. The second-order valence-electron chi connectivity index (χ2n) is 5.74. The summed E-state index contributed by atoms with van der Waals surface area (Å²) in [6.45, 7) is 2.03. The van der Waals surface area contributed by atoms with Crippen molar-refractivity contribution in [2.75, 3.05) is 16.9 Å². The maximum absolute atomic E-state index is 12.5. The van der Waals surface area contributed by atoms with Crippen LogP contribution >= 0.6 is 11.8 Å². The fraction of sp³-hybridized carbons (Fsp3) is 0.471. The summed E-state index contributed by atoms with van der Waals surface area (Å²) in [6.07, 6.45) is 2.14. The van der Waals surface area contributed by atoms with Crippen LogP contribution in [-0.4, -0.2) is 45.5 Å². The van der Waals surface area contributed by atoms with E-state index in [9.17, 15) is 14.4 Å². The molecule has 2 amide bonds. The molecule has 1 aromatic carbocycles. The first kappa shape index (κ1) is 18.3. The summed E-state index contributed by atoms with van der Waals surface area (Å²) >= 11 is 1.57. The Morgan fingerprint density at radius 1 is 1.38 bits per heavy atom. The topological polar surface area (TPSA) is 86.7 Å². The van der Waals surface area contributed by atoms with Gasteiger partial charge in [-0.2, -0.15) is 0 Å². The Morgan fingerprint density at radius 3 is 2.88 bits per heavy atom. The minimum Gasteiger partial charge on any atom is -0.481 e. The van der Waals surface area contributed by atoms with Crippen molar-refractivity contribution < 1.29 is 19.5 Å². The predicted octanol–water partition coefficient (Wildman–Crippen LogP) is 2.34. The molecule has 2 rings (SSSR count). The van der Waals surface area contributed by atoms with Crippen LogP contribution in [0, 0.1) is 0 Å². The Labute approximate surface area is 145 Å². The number of hydrogen-bond acceptors (Lipinski definition) is 4. The average Bonchev–Trinajstić information content (AvgIpc) is 3.02. The molecular formula is C17H22N2O4S. The number of carboxylic acids is 1. The minimum atomic E-state index is -0.918. The third-order valence-corrected chi connectivity index (χ3v) is 4.81. The molecule has 6 nitrogen and oxygen atoms in total. The number of anilines is 1. The molecule has 0 radical (unpaired) electrons. The molecule has 1 fully saturated rings. The molecule has 0 aliphatic carbocycles. The largest absolute Gasteiger partial charge is 0.481 e. The lowest BCUT2D eigenvalue weighted by atomic mass is 10.1. The quantitative estimate of drug-likeness (QED) is 0.788. The van der Waals surface area contributed by atoms with Crippen LogP contribution in [0.15, 0.2) is 24.3 Å². The second-order valence-corrected chi connectivity index (χ2v) is 6.74. The number of aliphatic carboxylic acids is 1. The first-order valence-electron chi connectivity index (χ1n) is 8.00. The van der Waals surface area contributed by atoms with E-state index in [0.29, 0.717) is 29.3 Å². The molecule has 7 heteroatoms. The molecule has 0 aromatic heterocycles. The fourth-order valence-corrected chi connectivity index (χ4v) is 3.72. The first-order valence-corrected chi connectivity index (χ1v) is 9.15. The molecule has 0 bridgehead atoms. The summed E-state index contributed by atoms with van der Waals surface area (Å²) in [7, 11) is 0. The van der Waals surface area contributed by atoms with Crippen molar-refractivity contribution in [2.24, 2.45) is 0 Å². The number of rotatable bonds is 7. The lowest BCUT2D eigenvalue weighted by Crippen LogP contribution is -2.44. The van der Waals surface area contributed by atoms with Crippen molar-refractivity contribution in [1.29, 1.82) is 0 Å². The Hall–Kier alpha value is -2.02. The number of carbonyl (C=O) groups excluding carboxylic acids is 2. The number of carbonyl (C=O) groups is 3. The Morgan fingerprint density at radius 2 is 2.17 bits per heavy atom. The first-order chi connectivity index (χ1) is 11.5. The Bertz CT molecular complexity index is 620. The highest BCUT2D eigenvalue weighted by Gasteiger charge is 2.34. The van der Waals surface area contributed by atoms with Gasteiger partial charge in [0, 0.05) is 17.9 Å². The summed E-state index contributed by atoms with van der Waals surface area (Å²) < 4.78 is 0. The van der Waals surface area contributed by atoms with E-state index in [1.165, 1.54) is 0 Å². The van der Waals surface area contributed by atoms with Crippen molar-refractivity contribution in [3.05, 3.63) is 29.8 Å². The molecule has 1 unspecified atom stereocenters. The van der Waals surface area contributed by atoms with E-state index in [2.05, 4.69) is 5.32 Å². The van der Waals surface area contributed by atoms with Gasteiger partial charge in [-0.05, 0) is 24.1 Å². The third kappa shape index (κ3) is 4.99. The van der Waals surface area contributed by atoms with Crippen LogP contribution in [0.4, 0.5) is 5.69 Å². The maximum Gasteiger partial charge on any atom is 0.307 e. The van der Waals surface area contributed by atoms with Crippen molar-refractivity contribution in [1.82, 2.24) is 4.90 Å². The fourth-order valence-electron chi connectivity index (χ4n) is 2.54. The van der Waals surface area contributed by atoms with Crippen LogP contribution in [0.25, 0.3) is 0 Å². The predicted molar refractivity (Wildman–Crippen MR) is 93.9 cm³/mol. The standard InChI is InChI=1S/C17H22N2O4S/c1-2-3-7-15(20)19-11-24-10-14(19)17(23)18-13-6-4-5-12(8-13)9-16(21)22/h4-6,8,14H,2-3,7,9-11H2,1H3,(H,18,23)(H,21,22). The highest BCUT2D eigenvalue weighted by Crippen LogP contribution is 2.24. The van der Waals surface area contributed by atoms with Crippen molar-refractivity contribution in [2.45, 2.75) is 38.6 Å². The second kappa shape index (κ2) is 8.73. The molecule has 1 atom stereocenters. The van der Waals surface area contributed by atoms with Gasteiger partial charge < -0.3 is 15.3 Å². The molecule has 1 heterocycles. The van der Waals surface area contributed by atoms with Gasteiger partial charge in [-0.25, -0.2) is 0 Å². The molecule has 130 valence electrons. The van der Waals surface area contributed by atoms with E-state index in [4.69, 9.17) is 5.11 Å². The third-order valence-electron chi connectivity index (χ3n) is 3.80. The smallest absolute Gasteiger partial charge is 0.307 e. The molecule has 1 saturated heterocycles. The lowest BCUT2D eigenvalue weighted by Gasteiger charge is -2.23. The minimum absolute atomic E-state index is 0.0154. The van der Waals surface area contributed by atoms with Crippen molar-refractivity contribution >= 4 is 35.2 Å². The molecular weight excluding hydrogens is 328 g/mol. The van der Waals surface area contributed by atoms with E-state index in [1.54, 1.807) is 40.9 Å². The molecule has 24 heavy (non-hydrogen) atoms. The van der Waals surface area contributed by atoms with Gasteiger partial charge >= 0.3 is 5.97 Å². The summed E-state index contributed by atoms with van der Waals surface area (Å²) in [5.74, 6) is -0.00427. The zero-order valence-electron chi connectivity index (χ0n) is 13.7. The number of carboxylic acid groups (broad SMARTS) is 1. The summed E-state index contributed by atoms with van der Waals surface area (Å²) in [5, 5.41) is 11.6. The molecule has 1 aromatic rings. The SMILES string of the molecule is CCCCC(=O)N1CSCC1C(=O)Nc1cccc(CC(=O)O)c1. The number of nitrogens with zero attached hydrogens (tertiary/aromatic N) is 1. The van der Waals surface area contributed by atoms with Gasteiger partial charge in [0.15, 0.2) is 0 Å². The number of unbranched alkanes of at least 4 members (excludes halogenated alkanes) is 1. The van der Waals surface area contributed by atoms with Gasteiger partial charge in [0.1, 0.15) is 6.04 Å². The average molecular weight is 350 g/mol. The molecule has 0 saturated carbocycles. The summed E-state index contributed by atoms with van der Waals surface area (Å²) in [5.41, 5.74) is 1.17. The van der Waals surface area contributed by atoms with Gasteiger partial charge in [0.05, 0.1) is 12.3 Å². The van der Waals surface area contributed by atoms with Gasteiger partial charge in [-0.1, -0.05) is 25.5 Å². The van der Waals surface area contributed by atoms with E-state index in [-0.39, 0.29) is 18.2 Å². The van der Waals surface area contributed by atoms with E-state index in [0.717, 1.165) is 12.8 Å².